The predicted octanol–water partition coefficient (Wildman–Crippen LogP) is 3.00. The molecule has 0 aromatic carbocycles. The summed E-state index contributed by atoms with van der Waals surface area (Å²) in [4.78, 5) is 12.4. The lowest BCUT2D eigenvalue weighted by atomic mass is 9.84. The third-order valence-electron chi connectivity index (χ3n) is 4.41. The third-order valence-corrected chi connectivity index (χ3v) is 6.12. The highest BCUT2D eigenvalue weighted by atomic mass is 35.5. The number of nitrogens with zero attached hydrogens (tertiary/aromatic N) is 2. The van der Waals surface area contributed by atoms with Gasteiger partial charge in [-0.3, -0.25) is 4.79 Å². The Morgan fingerprint density at radius 3 is 2.85 bits per heavy atom. The highest BCUT2D eigenvalue weighted by Crippen LogP contribution is 2.42. The van der Waals surface area contributed by atoms with Gasteiger partial charge >= 0.3 is 0 Å². The average Bonchev–Trinajstić information content (AvgIpc) is 3.19. The fourth-order valence-electron chi connectivity index (χ4n) is 2.58. The first-order valence-corrected chi connectivity index (χ1v) is 8.78. The van der Waals surface area contributed by atoms with Gasteiger partial charge < -0.3 is 5.32 Å². The Balaban J connectivity index is 1.75. The van der Waals surface area contributed by atoms with Gasteiger partial charge in [-0.05, 0) is 37.9 Å². The number of halogens is 1. The molecule has 2 aliphatic rings. The molecule has 2 fully saturated rings. The van der Waals surface area contributed by atoms with E-state index in [0.29, 0.717) is 16.6 Å². The Morgan fingerprint density at radius 2 is 2.30 bits per heavy atom. The molecule has 0 unspecified atom stereocenters. The van der Waals surface area contributed by atoms with Gasteiger partial charge in [-0.2, -0.15) is 16.9 Å². The highest BCUT2D eigenvalue weighted by molar-refractivity contribution is 8.00. The van der Waals surface area contributed by atoms with E-state index >= 15 is 0 Å². The first kappa shape index (κ1) is 14.3. The second kappa shape index (κ2) is 5.60. The number of nitrogens with one attached hydrogen (secondary N) is 1. The van der Waals surface area contributed by atoms with E-state index in [4.69, 9.17) is 11.6 Å². The van der Waals surface area contributed by atoms with Gasteiger partial charge in [0.25, 0.3) is 5.56 Å². The van der Waals surface area contributed by atoms with E-state index in [0.717, 1.165) is 13.1 Å². The Bertz CT molecular complexity index is 546. The summed E-state index contributed by atoms with van der Waals surface area (Å²) in [5.74, 6) is 0.624. The molecule has 4 nitrogen and oxygen atoms in total. The van der Waals surface area contributed by atoms with E-state index in [-0.39, 0.29) is 10.3 Å². The standard InChI is InChI=1S/C14H20ClN3OS/c1-20-14(5-2-6-14)9-16-12-11(15)7-17-18(13(12)19)8-10-3-4-10/h7,10,16H,2-6,8-9H2,1H3. The molecule has 110 valence electrons. The zero-order valence-corrected chi connectivity index (χ0v) is 13.3. The average molecular weight is 314 g/mol. The summed E-state index contributed by atoms with van der Waals surface area (Å²) >= 11 is 8.03. The maximum Gasteiger partial charge on any atom is 0.291 e. The molecular formula is C14H20ClN3OS. The van der Waals surface area contributed by atoms with Crippen molar-refractivity contribution in [2.75, 3.05) is 18.1 Å². The van der Waals surface area contributed by atoms with Crippen LogP contribution in [0.1, 0.15) is 32.1 Å². The molecule has 2 aliphatic carbocycles. The molecule has 0 spiro atoms. The van der Waals surface area contributed by atoms with Crippen molar-refractivity contribution >= 4 is 29.1 Å². The second-order valence-electron chi connectivity index (χ2n) is 5.89. The number of anilines is 1. The molecule has 2 saturated carbocycles. The van der Waals surface area contributed by atoms with Gasteiger partial charge in [0.1, 0.15) is 5.69 Å². The summed E-state index contributed by atoms with van der Waals surface area (Å²) in [6, 6.07) is 0. The molecule has 1 aromatic rings. The summed E-state index contributed by atoms with van der Waals surface area (Å²) in [5, 5.41) is 7.86. The zero-order valence-electron chi connectivity index (χ0n) is 11.7. The number of thioether (sulfide) groups is 1. The van der Waals surface area contributed by atoms with Crippen molar-refractivity contribution in [1.29, 1.82) is 0 Å². The molecule has 6 heteroatoms. The molecule has 0 amide bonds. The minimum atomic E-state index is -0.0834. The van der Waals surface area contributed by atoms with Crippen molar-refractivity contribution in [3.63, 3.8) is 0 Å². The monoisotopic (exact) mass is 313 g/mol. The van der Waals surface area contributed by atoms with Crippen LogP contribution in [0.25, 0.3) is 0 Å². The number of hydrogen-bond donors (Lipinski definition) is 1. The Hall–Kier alpha value is -0.680. The van der Waals surface area contributed by atoms with Gasteiger partial charge in [-0.25, -0.2) is 4.68 Å². The van der Waals surface area contributed by atoms with E-state index in [9.17, 15) is 4.79 Å². The second-order valence-corrected chi connectivity index (χ2v) is 7.57. The summed E-state index contributed by atoms with van der Waals surface area (Å²) < 4.78 is 1.83. The quantitative estimate of drug-likeness (QED) is 0.877. The normalized spacial score (nSPS) is 20.5. The fraction of sp³-hybridized carbons (Fsp3) is 0.714. The van der Waals surface area contributed by atoms with Gasteiger partial charge in [0.2, 0.25) is 0 Å². The van der Waals surface area contributed by atoms with Crippen molar-refractivity contribution < 1.29 is 0 Å². The number of rotatable bonds is 6. The SMILES string of the molecule is CSC1(CNc2c(Cl)cnn(CC3CC3)c2=O)CCC1. The molecule has 20 heavy (non-hydrogen) atoms. The number of hydrogen-bond acceptors (Lipinski definition) is 4. The molecule has 1 N–H and O–H groups in total. The Kier molecular flexibility index (Phi) is 4.00. The van der Waals surface area contributed by atoms with E-state index in [1.807, 2.05) is 11.8 Å². The number of aromatic nitrogens is 2. The van der Waals surface area contributed by atoms with Crippen LogP contribution < -0.4 is 10.9 Å². The van der Waals surface area contributed by atoms with Crippen LogP contribution in [0, 0.1) is 5.92 Å². The minimum absolute atomic E-state index is 0.0834. The zero-order chi connectivity index (χ0) is 14.2. The minimum Gasteiger partial charge on any atom is -0.378 e. The van der Waals surface area contributed by atoms with Crippen LogP contribution in [0.4, 0.5) is 5.69 Å². The van der Waals surface area contributed by atoms with Gasteiger partial charge in [-0.1, -0.05) is 18.0 Å². The third kappa shape index (κ3) is 2.84. The van der Waals surface area contributed by atoms with Gasteiger partial charge in [0.05, 0.1) is 11.2 Å². The molecule has 0 radical (unpaired) electrons. The van der Waals surface area contributed by atoms with E-state index in [2.05, 4.69) is 16.7 Å². The molecule has 3 rings (SSSR count). The topological polar surface area (TPSA) is 46.9 Å². The molecular weight excluding hydrogens is 294 g/mol. The first-order chi connectivity index (χ1) is 9.63. The van der Waals surface area contributed by atoms with Crippen LogP contribution in [0.3, 0.4) is 0 Å². The smallest absolute Gasteiger partial charge is 0.291 e. The molecule has 0 aliphatic heterocycles. The van der Waals surface area contributed by atoms with Crippen molar-refractivity contribution in [3.8, 4) is 0 Å². The summed E-state index contributed by atoms with van der Waals surface area (Å²) in [6.07, 6.45) is 9.82. The molecule has 0 bridgehead atoms. The van der Waals surface area contributed by atoms with Crippen LogP contribution in [0.2, 0.25) is 5.02 Å². The summed E-state index contributed by atoms with van der Waals surface area (Å²) in [7, 11) is 0. The van der Waals surface area contributed by atoms with Crippen LogP contribution >= 0.6 is 23.4 Å². The summed E-state index contributed by atoms with van der Waals surface area (Å²) in [6.45, 7) is 1.52. The molecule has 1 heterocycles. The molecule has 0 atom stereocenters. The van der Waals surface area contributed by atoms with Crippen molar-refractivity contribution in [1.82, 2.24) is 9.78 Å². The van der Waals surface area contributed by atoms with Crippen molar-refractivity contribution in [2.45, 2.75) is 43.4 Å². The van der Waals surface area contributed by atoms with E-state index in [1.165, 1.54) is 32.1 Å². The molecule has 0 saturated heterocycles. The predicted molar refractivity (Wildman–Crippen MR) is 84.8 cm³/mol. The van der Waals surface area contributed by atoms with Crippen molar-refractivity contribution in [2.24, 2.45) is 5.92 Å². The highest BCUT2D eigenvalue weighted by Gasteiger charge is 2.36. The van der Waals surface area contributed by atoms with E-state index in [1.54, 1.807) is 10.9 Å². The lowest BCUT2D eigenvalue weighted by Crippen LogP contribution is -2.41. The van der Waals surface area contributed by atoms with Crippen LogP contribution in [0.5, 0.6) is 0 Å². The van der Waals surface area contributed by atoms with Crippen LogP contribution in [0.15, 0.2) is 11.0 Å². The van der Waals surface area contributed by atoms with Crippen molar-refractivity contribution in [3.05, 3.63) is 21.6 Å². The Labute approximate surface area is 128 Å². The largest absolute Gasteiger partial charge is 0.378 e. The lowest BCUT2D eigenvalue weighted by molar-refractivity contribution is 0.379. The maximum absolute atomic E-state index is 12.4. The first-order valence-electron chi connectivity index (χ1n) is 7.18. The molecule has 1 aromatic heterocycles. The van der Waals surface area contributed by atoms with Gasteiger partial charge in [0, 0.05) is 17.8 Å². The van der Waals surface area contributed by atoms with E-state index < -0.39 is 0 Å². The fourth-order valence-corrected chi connectivity index (χ4v) is 3.68. The van der Waals surface area contributed by atoms with Crippen LogP contribution in [-0.2, 0) is 6.54 Å². The lowest BCUT2D eigenvalue weighted by Gasteiger charge is -2.40. The Morgan fingerprint density at radius 1 is 1.55 bits per heavy atom. The summed E-state index contributed by atoms with van der Waals surface area (Å²) in [5.41, 5.74) is 0.433. The van der Waals surface area contributed by atoms with Gasteiger partial charge in [-0.15, -0.1) is 0 Å². The van der Waals surface area contributed by atoms with Crippen LogP contribution in [-0.4, -0.2) is 27.3 Å². The maximum atomic E-state index is 12.4. The van der Waals surface area contributed by atoms with Gasteiger partial charge in [0.15, 0.2) is 0 Å².